The Morgan fingerprint density at radius 1 is 1.10 bits per heavy atom. The molecule has 1 atom stereocenters. The number of ether oxygens (including phenoxy) is 2. The van der Waals surface area contributed by atoms with Gasteiger partial charge in [-0.15, -0.1) is 0 Å². The topological polar surface area (TPSA) is 94.8 Å². The fourth-order valence-corrected chi connectivity index (χ4v) is 3.77. The van der Waals surface area contributed by atoms with Crippen LogP contribution in [-0.2, 0) is 19.1 Å². The molecule has 0 aliphatic carbocycles. The van der Waals surface area contributed by atoms with Crippen LogP contribution in [0, 0.1) is 6.92 Å². The summed E-state index contributed by atoms with van der Waals surface area (Å²) >= 11 is 0. The maximum Gasteiger partial charge on any atom is 0.336 e. The van der Waals surface area contributed by atoms with Crippen molar-refractivity contribution in [2.45, 2.75) is 40.0 Å². The van der Waals surface area contributed by atoms with Crippen molar-refractivity contribution in [3.63, 3.8) is 0 Å². The van der Waals surface area contributed by atoms with Gasteiger partial charge in [0.1, 0.15) is 11.3 Å². The van der Waals surface area contributed by atoms with Gasteiger partial charge in [0.05, 0.1) is 36.2 Å². The molecule has 1 aromatic carbocycles. The summed E-state index contributed by atoms with van der Waals surface area (Å²) in [5.41, 5.74) is 2.34. The lowest BCUT2D eigenvalue weighted by Crippen LogP contribution is -2.32. The lowest BCUT2D eigenvalue weighted by atomic mass is 9.79. The predicted molar refractivity (Wildman–Crippen MR) is 112 cm³/mol. The molecule has 7 nitrogen and oxygen atoms in total. The number of methoxy groups -OCH3 is 1. The SMILES string of the molecule is CCCOC(=O)C1=C(C)NC(C)=C(C(=O)OC)C1c1cccc2c(=O)cc(C)oc12. The number of fused-ring (bicyclic) bond motifs is 1. The van der Waals surface area contributed by atoms with Gasteiger partial charge in [-0.3, -0.25) is 4.79 Å². The van der Waals surface area contributed by atoms with Gasteiger partial charge >= 0.3 is 11.9 Å². The molecular formula is C23H25NO6. The molecule has 0 radical (unpaired) electrons. The van der Waals surface area contributed by atoms with Gasteiger partial charge in [-0.1, -0.05) is 19.1 Å². The van der Waals surface area contributed by atoms with E-state index in [1.807, 2.05) is 6.92 Å². The zero-order valence-corrected chi connectivity index (χ0v) is 17.8. The summed E-state index contributed by atoms with van der Waals surface area (Å²) in [6.07, 6.45) is 0.664. The lowest BCUT2D eigenvalue weighted by Gasteiger charge is -2.30. The molecule has 1 aromatic heterocycles. The van der Waals surface area contributed by atoms with Crippen LogP contribution < -0.4 is 10.7 Å². The highest BCUT2D eigenvalue weighted by atomic mass is 16.5. The van der Waals surface area contributed by atoms with Gasteiger partial charge in [0, 0.05) is 23.0 Å². The minimum absolute atomic E-state index is 0.194. The normalized spacial score (nSPS) is 16.5. The Kier molecular flexibility index (Phi) is 6.10. The summed E-state index contributed by atoms with van der Waals surface area (Å²) in [7, 11) is 1.29. The molecular weight excluding hydrogens is 386 g/mol. The second kappa shape index (κ2) is 8.57. The second-order valence-corrected chi connectivity index (χ2v) is 7.21. The zero-order chi connectivity index (χ0) is 22.0. The molecule has 1 N–H and O–H groups in total. The van der Waals surface area contributed by atoms with Crippen molar-refractivity contribution in [2.24, 2.45) is 0 Å². The van der Waals surface area contributed by atoms with E-state index in [2.05, 4.69) is 5.32 Å². The molecule has 2 aromatic rings. The number of carbonyl (C=O) groups is 2. The van der Waals surface area contributed by atoms with Crippen LogP contribution in [0.5, 0.6) is 0 Å². The molecule has 0 spiro atoms. The molecule has 7 heteroatoms. The smallest absolute Gasteiger partial charge is 0.336 e. The summed E-state index contributed by atoms with van der Waals surface area (Å²) in [5.74, 6) is -1.49. The molecule has 3 rings (SSSR count). The van der Waals surface area contributed by atoms with Gasteiger partial charge < -0.3 is 19.2 Å². The van der Waals surface area contributed by atoms with Gasteiger partial charge in [0.25, 0.3) is 0 Å². The van der Waals surface area contributed by atoms with Gasteiger partial charge in [0.15, 0.2) is 5.43 Å². The van der Waals surface area contributed by atoms with Crippen molar-refractivity contribution in [3.05, 3.63) is 68.4 Å². The number of para-hydroxylation sites is 1. The summed E-state index contributed by atoms with van der Waals surface area (Å²) < 4.78 is 16.3. The number of dihydropyridines is 1. The molecule has 30 heavy (non-hydrogen) atoms. The Balaban J connectivity index is 2.33. The molecule has 0 saturated carbocycles. The minimum Gasteiger partial charge on any atom is -0.466 e. The van der Waals surface area contributed by atoms with E-state index in [1.165, 1.54) is 13.2 Å². The van der Waals surface area contributed by atoms with Crippen LogP contribution in [0.15, 0.2) is 56.0 Å². The standard InChI is InChI=1S/C23H25NO6/c1-6-10-29-23(27)19-14(4)24-13(3)18(22(26)28-5)20(19)16-9-7-8-15-17(25)11-12(2)30-21(15)16/h7-9,11,20,24H,6,10H2,1-5H3. The van der Waals surface area contributed by atoms with E-state index in [1.54, 1.807) is 39.0 Å². The van der Waals surface area contributed by atoms with Crippen molar-refractivity contribution in [3.8, 4) is 0 Å². The van der Waals surface area contributed by atoms with Crippen molar-refractivity contribution in [2.75, 3.05) is 13.7 Å². The summed E-state index contributed by atoms with van der Waals surface area (Å²) in [4.78, 5) is 38.2. The molecule has 0 bridgehead atoms. The number of carbonyl (C=O) groups excluding carboxylic acids is 2. The number of rotatable bonds is 5. The second-order valence-electron chi connectivity index (χ2n) is 7.21. The highest BCUT2D eigenvalue weighted by Gasteiger charge is 2.39. The highest BCUT2D eigenvalue weighted by molar-refractivity contribution is 6.01. The molecule has 0 saturated heterocycles. The van der Waals surface area contributed by atoms with Crippen LogP contribution in [-0.4, -0.2) is 25.7 Å². The number of aryl methyl sites for hydroxylation is 1. The largest absolute Gasteiger partial charge is 0.466 e. The van der Waals surface area contributed by atoms with E-state index in [4.69, 9.17) is 13.9 Å². The van der Waals surface area contributed by atoms with Crippen molar-refractivity contribution in [1.29, 1.82) is 0 Å². The fourth-order valence-electron chi connectivity index (χ4n) is 3.77. The third-order valence-corrected chi connectivity index (χ3v) is 5.04. The van der Waals surface area contributed by atoms with Crippen LogP contribution in [0.2, 0.25) is 0 Å². The number of benzene rings is 1. The molecule has 0 amide bonds. The first kappa shape index (κ1) is 21.4. The summed E-state index contributed by atoms with van der Waals surface area (Å²) in [6.45, 7) is 7.32. The van der Waals surface area contributed by atoms with Gasteiger partial charge in [-0.2, -0.15) is 0 Å². The minimum atomic E-state index is -0.809. The van der Waals surface area contributed by atoms with Crippen molar-refractivity contribution in [1.82, 2.24) is 5.32 Å². The third-order valence-electron chi connectivity index (χ3n) is 5.04. The molecule has 1 aliphatic heterocycles. The van der Waals surface area contributed by atoms with Gasteiger partial charge in [-0.25, -0.2) is 9.59 Å². The van der Waals surface area contributed by atoms with Crippen LogP contribution in [0.3, 0.4) is 0 Å². The van der Waals surface area contributed by atoms with E-state index in [-0.39, 0.29) is 23.2 Å². The average Bonchev–Trinajstić information content (AvgIpc) is 2.70. The van der Waals surface area contributed by atoms with Crippen LogP contribution >= 0.6 is 0 Å². The Morgan fingerprint density at radius 3 is 2.40 bits per heavy atom. The quantitative estimate of drug-likeness (QED) is 0.753. The maximum absolute atomic E-state index is 13.0. The van der Waals surface area contributed by atoms with Gasteiger partial charge in [0.2, 0.25) is 0 Å². The Morgan fingerprint density at radius 2 is 1.77 bits per heavy atom. The Labute approximate surface area is 174 Å². The van der Waals surface area contributed by atoms with Crippen molar-refractivity contribution >= 4 is 22.9 Å². The Hall–Kier alpha value is -3.35. The first-order valence-electron chi connectivity index (χ1n) is 9.77. The number of nitrogens with one attached hydrogen (secondary N) is 1. The van der Waals surface area contributed by atoms with Crippen molar-refractivity contribution < 1.29 is 23.5 Å². The highest BCUT2D eigenvalue weighted by Crippen LogP contribution is 2.41. The summed E-state index contributed by atoms with van der Waals surface area (Å²) in [6, 6.07) is 6.53. The number of esters is 2. The lowest BCUT2D eigenvalue weighted by molar-refractivity contribution is -0.139. The van der Waals surface area contributed by atoms with E-state index >= 15 is 0 Å². The average molecular weight is 411 g/mol. The maximum atomic E-state index is 13.0. The van der Waals surface area contributed by atoms with Crippen LogP contribution in [0.25, 0.3) is 11.0 Å². The van der Waals surface area contributed by atoms with Gasteiger partial charge in [-0.05, 0) is 33.3 Å². The molecule has 158 valence electrons. The molecule has 0 fully saturated rings. The Bertz CT molecular complexity index is 1140. The number of hydrogen-bond acceptors (Lipinski definition) is 7. The fraction of sp³-hybridized carbons (Fsp3) is 0.348. The van der Waals surface area contributed by atoms with E-state index in [9.17, 15) is 14.4 Å². The monoisotopic (exact) mass is 411 g/mol. The van der Waals surface area contributed by atoms with Crippen LogP contribution in [0.1, 0.15) is 44.4 Å². The molecule has 1 unspecified atom stereocenters. The third kappa shape index (κ3) is 3.75. The molecule has 1 aliphatic rings. The zero-order valence-electron chi connectivity index (χ0n) is 17.8. The predicted octanol–water partition coefficient (Wildman–Crippen LogP) is 3.46. The first-order chi connectivity index (χ1) is 14.3. The van der Waals surface area contributed by atoms with E-state index in [0.717, 1.165) is 0 Å². The van der Waals surface area contributed by atoms with E-state index < -0.39 is 17.9 Å². The molecule has 2 heterocycles. The summed E-state index contributed by atoms with van der Waals surface area (Å²) in [5, 5.41) is 3.46. The number of allylic oxidation sites excluding steroid dienone is 2. The van der Waals surface area contributed by atoms with Crippen LogP contribution in [0.4, 0.5) is 0 Å². The number of hydrogen-bond donors (Lipinski definition) is 1. The first-order valence-corrected chi connectivity index (χ1v) is 9.77. The van der Waals surface area contributed by atoms with E-state index in [0.29, 0.717) is 40.1 Å².